The number of anilines is 1. The maximum atomic E-state index is 13.3. The minimum Gasteiger partial charge on any atom is -0.494 e. The first-order valence-corrected chi connectivity index (χ1v) is 14.3. The molecule has 0 aliphatic rings. The van der Waals surface area contributed by atoms with E-state index in [2.05, 4.69) is 5.32 Å². The van der Waals surface area contributed by atoms with Crippen molar-refractivity contribution in [2.24, 2.45) is 0 Å². The van der Waals surface area contributed by atoms with E-state index in [-0.39, 0.29) is 37.7 Å². The second kappa shape index (κ2) is 13.7. The van der Waals surface area contributed by atoms with Crippen LogP contribution >= 0.6 is 23.2 Å². The van der Waals surface area contributed by atoms with Gasteiger partial charge in [-0.25, -0.2) is 8.42 Å². The van der Waals surface area contributed by atoms with Gasteiger partial charge in [-0.05, 0) is 63.6 Å². The molecule has 0 radical (unpaired) electrons. The average molecular weight is 559 g/mol. The van der Waals surface area contributed by atoms with Gasteiger partial charge in [0.1, 0.15) is 11.8 Å². The van der Waals surface area contributed by atoms with Gasteiger partial charge in [0.05, 0.1) is 18.6 Å². The second-order valence-corrected chi connectivity index (χ2v) is 10.9. The lowest BCUT2D eigenvalue weighted by Gasteiger charge is -2.30. The molecule has 0 unspecified atom stereocenters. The van der Waals surface area contributed by atoms with Crippen molar-refractivity contribution in [1.82, 2.24) is 10.2 Å². The predicted molar refractivity (Wildman–Crippen MR) is 144 cm³/mol. The molecule has 1 atom stereocenters. The number of rotatable bonds is 13. The summed E-state index contributed by atoms with van der Waals surface area (Å²) in [5.41, 5.74) is 1.02. The number of carbonyl (C=O) groups is 2. The summed E-state index contributed by atoms with van der Waals surface area (Å²) in [7, 11) is -3.59. The lowest BCUT2D eigenvalue weighted by molar-refractivity contribution is -0.140. The van der Waals surface area contributed by atoms with E-state index in [1.807, 2.05) is 6.92 Å². The molecular formula is C25H33Cl2N3O5S. The number of carbonyl (C=O) groups excluding carboxylic acids is 2. The highest BCUT2D eigenvalue weighted by Crippen LogP contribution is 2.27. The normalized spacial score (nSPS) is 12.1. The molecule has 2 aromatic carbocycles. The molecule has 0 aliphatic heterocycles. The van der Waals surface area contributed by atoms with Gasteiger partial charge in [0, 0.05) is 41.7 Å². The van der Waals surface area contributed by atoms with Crippen molar-refractivity contribution >= 4 is 50.7 Å². The van der Waals surface area contributed by atoms with Crippen molar-refractivity contribution in [1.29, 1.82) is 0 Å². The van der Waals surface area contributed by atoms with Crippen LogP contribution in [-0.2, 0) is 26.2 Å². The smallest absolute Gasteiger partial charge is 0.242 e. The van der Waals surface area contributed by atoms with Crippen molar-refractivity contribution in [3.05, 3.63) is 58.1 Å². The van der Waals surface area contributed by atoms with Gasteiger partial charge in [0.15, 0.2) is 0 Å². The van der Waals surface area contributed by atoms with Gasteiger partial charge in [0.2, 0.25) is 21.8 Å². The molecule has 8 nitrogen and oxygen atoms in total. The number of halogens is 2. The number of ether oxygens (including phenoxy) is 1. The van der Waals surface area contributed by atoms with E-state index in [0.29, 0.717) is 40.2 Å². The summed E-state index contributed by atoms with van der Waals surface area (Å²) in [5, 5.41) is 3.51. The van der Waals surface area contributed by atoms with Gasteiger partial charge < -0.3 is 15.0 Å². The molecule has 0 aromatic heterocycles. The highest BCUT2D eigenvalue weighted by atomic mass is 35.5. The number of nitrogens with zero attached hydrogens (tertiary/aromatic N) is 2. The fourth-order valence-corrected chi connectivity index (χ4v) is 5.12. The molecule has 0 saturated carbocycles. The first kappa shape index (κ1) is 29.7. The number of hydrogen-bond acceptors (Lipinski definition) is 5. The average Bonchev–Trinajstić information content (AvgIpc) is 2.81. The molecule has 2 aromatic rings. The van der Waals surface area contributed by atoms with Crippen molar-refractivity contribution in [2.45, 2.75) is 46.2 Å². The zero-order valence-electron chi connectivity index (χ0n) is 21.0. The molecule has 2 rings (SSSR count). The van der Waals surface area contributed by atoms with E-state index in [4.69, 9.17) is 27.9 Å². The topological polar surface area (TPSA) is 96.0 Å². The molecular weight excluding hydrogens is 525 g/mol. The highest BCUT2D eigenvalue weighted by Gasteiger charge is 2.27. The van der Waals surface area contributed by atoms with Crippen LogP contribution in [0.25, 0.3) is 0 Å². The lowest BCUT2D eigenvalue weighted by atomic mass is 10.1. The number of amides is 2. The quantitative estimate of drug-likeness (QED) is 0.391. The van der Waals surface area contributed by atoms with Gasteiger partial charge in [-0.1, -0.05) is 29.3 Å². The summed E-state index contributed by atoms with van der Waals surface area (Å²) < 4.78 is 31.6. The van der Waals surface area contributed by atoms with Crippen LogP contribution in [0.15, 0.2) is 42.5 Å². The van der Waals surface area contributed by atoms with Crippen LogP contribution in [0.2, 0.25) is 10.0 Å². The second-order valence-electron chi connectivity index (χ2n) is 8.16. The summed E-state index contributed by atoms with van der Waals surface area (Å²) >= 11 is 12.6. The molecule has 36 heavy (non-hydrogen) atoms. The Morgan fingerprint density at radius 1 is 1.06 bits per heavy atom. The highest BCUT2D eigenvalue weighted by molar-refractivity contribution is 7.92. The van der Waals surface area contributed by atoms with E-state index in [1.54, 1.807) is 56.3 Å². The predicted octanol–water partition coefficient (Wildman–Crippen LogP) is 4.49. The molecule has 198 valence electrons. The van der Waals surface area contributed by atoms with Gasteiger partial charge in [-0.2, -0.15) is 0 Å². The van der Waals surface area contributed by atoms with E-state index >= 15 is 0 Å². The standard InChI is InChI=1S/C25H33Cl2N3O5S/c1-5-28-25(32)18(3)29(17-21-22(26)9-7-10-23(21)27)24(31)11-8-16-30(36(4,33)34)19-12-14-20(15-13-19)35-6-2/h7,9-10,12-15,18H,5-6,8,11,16-17H2,1-4H3,(H,28,32)/t18-/m0/s1. The van der Waals surface area contributed by atoms with Crippen LogP contribution in [-0.4, -0.2) is 57.1 Å². The Hall–Kier alpha value is -2.49. The fourth-order valence-electron chi connectivity index (χ4n) is 3.64. The number of nitrogens with one attached hydrogen (secondary N) is 1. The first-order valence-electron chi connectivity index (χ1n) is 11.7. The molecule has 0 aliphatic carbocycles. The van der Waals surface area contributed by atoms with E-state index < -0.39 is 16.1 Å². The van der Waals surface area contributed by atoms with Crippen LogP contribution in [0.1, 0.15) is 39.2 Å². The summed E-state index contributed by atoms with van der Waals surface area (Å²) in [5.74, 6) is 0.0177. The Labute approximate surface area is 223 Å². The molecule has 0 spiro atoms. The van der Waals surface area contributed by atoms with Crippen LogP contribution in [0.4, 0.5) is 5.69 Å². The Balaban J connectivity index is 2.19. The fraction of sp³-hybridized carbons (Fsp3) is 0.440. The zero-order chi connectivity index (χ0) is 26.9. The van der Waals surface area contributed by atoms with Crippen LogP contribution in [0, 0.1) is 0 Å². The summed E-state index contributed by atoms with van der Waals surface area (Å²) in [6, 6.07) is 11.0. The number of benzene rings is 2. The molecule has 0 heterocycles. The zero-order valence-corrected chi connectivity index (χ0v) is 23.3. The Morgan fingerprint density at radius 3 is 2.19 bits per heavy atom. The van der Waals surface area contributed by atoms with Crippen molar-refractivity contribution in [3.63, 3.8) is 0 Å². The van der Waals surface area contributed by atoms with Crippen LogP contribution in [0.5, 0.6) is 5.75 Å². The van der Waals surface area contributed by atoms with Crippen molar-refractivity contribution in [3.8, 4) is 5.75 Å². The number of sulfonamides is 1. The van der Waals surface area contributed by atoms with Gasteiger partial charge in [-0.15, -0.1) is 0 Å². The summed E-state index contributed by atoms with van der Waals surface area (Å²) in [6.45, 7) is 6.35. The van der Waals surface area contributed by atoms with Gasteiger partial charge in [-0.3, -0.25) is 13.9 Å². The summed E-state index contributed by atoms with van der Waals surface area (Å²) in [4.78, 5) is 27.2. The largest absolute Gasteiger partial charge is 0.494 e. The lowest BCUT2D eigenvalue weighted by Crippen LogP contribution is -2.47. The monoisotopic (exact) mass is 557 g/mol. The van der Waals surface area contributed by atoms with Crippen molar-refractivity contribution < 1.29 is 22.7 Å². The minimum atomic E-state index is -3.59. The van der Waals surface area contributed by atoms with Gasteiger partial charge in [0.25, 0.3) is 0 Å². The van der Waals surface area contributed by atoms with Crippen LogP contribution < -0.4 is 14.4 Å². The summed E-state index contributed by atoms with van der Waals surface area (Å²) in [6.07, 6.45) is 1.39. The molecule has 11 heteroatoms. The van der Waals surface area contributed by atoms with Crippen molar-refractivity contribution in [2.75, 3.05) is 30.3 Å². The molecule has 0 bridgehead atoms. The minimum absolute atomic E-state index is 0.0227. The third-order valence-corrected chi connectivity index (χ3v) is 7.40. The Bertz CT molecular complexity index is 1120. The first-order chi connectivity index (χ1) is 17.0. The molecule has 0 fully saturated rings. The van der Waals surface area contributed by atoms with E-state index in [1.165, 1.54) is 9.21 Å². The maximum absolute atomic E-state index is 13.3. The van der Waals surface area contributed by atoms with Crippen LogP contribution in [0.3, 0.4) is 0 Å². The third kappa shape index (κ3) is 8.28. The van der Waals surface area contributed by atoms with Gasteiger partial charge >= 0.3 is 0 Å². The Kier molecular flexibility index (Phi) is 11.3. The number of likely N-dealkylation sites (N-methyl/N-ethyl adjacent to an activating group) is 1. The van der Waals surface area contributed by atoms with E-state index in [9.17, 15) is 18.0 Å². The maximum Gasteiger partial charge on any atom is 0.242 e. The number of hydrogen-bond donors (Lipinski definition) is 1. The van der Waals surface area contributed by atoms with E-state index in [0.717, 1.165) is 6.26 Å². The molecule has 0 saturated heterocycles. The molecule has 2 amide bonds. The third-order valence-electron chi connectivity index (χ3n) is 5.50. The SMILES string of the molecule is CCNC(=O)[C@H](C)N(Cc1c(Cl)cccc1Cl)C(=O)CCCN(c1ccc(OCC)cc1)S(C)(=O)=O. The Morgan fingerprint density at radius 2 is 1.67 bits per heavy atom. The molecule has 1 N–H and O–H groups in total.